The predicted molar refractivity (Wildman–Crippen MR) is 119 cm³/mol. The van der Waals surface area contributed by atoms with Crippen molar-refractivity contribution in [3.05, 3.63) is 84.2 Å². The number of oxazole rings is 1. The third kappa shape index (κ3) is 5.61. The Hall–Kier alpha value is -3.85. The quantitative estimate of drug-likeness (QED) is 0.154. The molecule has 0 radical (unpaired) electrons. The van der Waals surface area contributed by atoms with Gasteiger partial charge >= 0.3 is 0 Å². The summed E-state index contributed by atoms with van der Waals surface area (Å²) in [5.74, 6) is 0.0132. The van der Waals surface area contributed by atoms with E-state index in [0.717, 1.165) is 11.1 Å². The summed E-state index contributed by atoms with van der Waals surface area (Å²) < 4.78 is 5.60. The second-order valence-corrected chi connectivity index (χ2v) is 7.41. The van der Waals surface area contributed by atoms with E-state index in [4.69, 9.17) is 4.42 Å². The van der Waals surface area contributed by atoms with E-state index in [1.54, 1.807) is 24.5 Å². The molecular weight excluding hydrogens is 412 g/mol. The second-order valence-electron chi connectivity index (χ2n) is 6.48. The molecule has 9 heteroatoms. The third-order valence-corrected chi connectivity index (χ3v) is 4.93. The highest BCUT2D eigenvalue weighted by molar-refractivity contribution is 7.99. The Bertz CT molecular complexity index is 1200. The van der Waals surface area contributed by atoms with Crippen molar-refractivity contribution >= 4 is 40.3 Å². The lowest BCUT2D eigenvalue weighted by Crippen LogP contribution is -2.21. The summed E-state index contributed by atoms with van der Waals surface area (Å²) in [6.45, 7) is 2.00. The Morgan fingerprint density at radius 2 is 1.94 bits per heavy atom. The van der Waals surface area contributed by atoms with Gasteiger partial charge in [0.1, 0.15) is 5.52 Å². The van der Waals surface area contributed by atoms with Crippen LogP contribution in [0.5, 0.6) is 0 Å². The predicted octanol–water partition coefficient (Wildman–Crippen LogP) is 4.89. The van der Waals surface area contributed by atoms with Crippen molar-refractivity contribution in [2.75, 3.05) is 5.75 Å². The van der Waals surface area contributed by atoms with Crippen LogP contribution in [0.3, 0.4) is 0 Å². The minimum absolute atomic E-state index is 0.0890. The molecule has 1 amide bonds. The highest BCUT2D eigenvalue weighted by Crippen LogP contribution is 2.22. The van der Waals surface area contributed by atoms with Gasteiger partial charge in [-0.25, -0.2) is 10.4 Å². The minimum Gasteiger partial charge on any atom is -0.431 e. The molecule has 154 valence electrons. The Kier molecular flexibility index (Phi) is 6.44. The smallest absolute Gasteiger partial charge is 0.257 e. The summed E-state index contributed by atoms with van der Waals surface area (Å²) in [6.07, 6.45) is 3.25. The maximum Gasteiger partial charge on any atom is 0.257 e. The molecule has 0 aliphatic heterocycles. The van der Waals surface area contributed by atoms with Crippen LogP contribution < -0.4 is 5.43 Å². The Morgan fingerprint density at radius 3 is 2.71 bits per heavy atom. The molecule has 0 bridgehead atoms. The maximum absolute atomic E-state index is 12.3. The molecule has 0 aliphatic carbocycles. The average Bonchev–Trinajstić information content (AvgIpc) is 3.22. The number of aryl methyl sites for hydroxylation is 1. The number of pyridine rings is 1. The van der Waals surface area contributed by atoms with E-state index in [1.807, 2.05) is 55.5 Å². The van der Waals surface area contributed by atoms with Gasteiger partial charge in [0.2, 0.25) is 5.84 Å². The molecular formula is C22H18N6O2S. The lowest BCUT2D eigenvalue weighted by atomic mass is 10.2. The van der Waals surface area contributed by atoms with E-state index in [1.165, 1.54) is 11.8 Å². The van der Waals surface area contributed by atoms with E-state index in [9.17, 15) is 4.79 Å². The number of amides is 1. The molecule has 2 heterocycles. The van der Waals surface area contributed by atoms with E-state index in [0.29, 0.717) is 22.1 Å². The topological polar surface area (TPSA) is 105 Å². The number of azo groups is 1. The molecule has 0 saturated heterocycles. The van der Waals surface area contributed by atoms with Crippen LogP contribution in [0, 0.1) is 6.92 Å². The molecule has 0 spiro atoms. The number of benzene rings is 2. The van der Waals surface area contributed by atoms with Crippen molar-refractivity contribution < 1.29 is 9.21 Å². The van der Waals surface area contributed by atoms with Crippen LogP contribution in [0.15, 0.2) is 98.0 Å². The van der Waals surface area contributed by atoms with E-state index >= 15 is 0 Å². The van der Waals surface area contributed by atoms with Crippen molar-refractivity contribution in [3.63, 3.8) is 0 Å². The van der Waals surface area contributed by atoms with E-state index in [2.05, 4.69) is 30.7 Å². The van der Waals surface area contributed by atoms with Gasteiger partial charge in [0.25, 0.3) is 11.1 Å². The van der Waals surface area contributed by atoms with Crippen molar-refractivity contribution in [1.29, 1.82) is 0 Å². The first-order valence-corrected chi connectivity index (χ1v) is 10.4. The summed E-state index contributed by atoms with van der Waals surface area (Å²) >= 11 is 1.19. The third-order valence-electron chi connectivity index (χ3n) is 4.10. The summed E-state index contributed by atoms with van der Waals surface area (Å²) in [6, 6.07) is 18.6. The van der Waals surface area contributed by atoms with Crippen molar-refractivity contribution in [2.45, 2.75) is 12.1 Å². The first kappa shape index (κ1) is 20.4. The number of rotatable bonds is 6. The lowest BCUT2D eigenvalue weighted by Gasteiger charge is -2.02. The molecule has 0 saturated carbocycles. The Morgan fingerprint density at radius 1 is 1.10 bits per heavy atom. The zero-order chi connectivity index (χ0) is 21.5. The highest BCUT2D eigenvalue weighted by Gasteiger charge is 2.10. The van der Waals surface area contributed by atoms with Crippen LogP contribution in [-0.2, 0) is 4.79 Å². The van der Waals surface area contributed by atoms with Crippen LogP contribution in [0.2, 0.25) is 0 Å². The van der Waals surface area contributed by atoms with Gasteiger partial charge in [0.05, 0.1) is 11.4 Å². The standard InChI is InChI=1S/C22H18N6O2S/c1-15-8-10-17(11-9-15)25-27-21(16-5-4-12-23-13-16)28-26-20(29)14-31-22-24-18-6-2-3-7-19(18)30-22/h2-13H,14H2,1H3,(H,26,29)/b27-25?,28-21+. The van der Waals surface area contributed by atoms with Gasteiger partial charge in [-0.3, -0.25) is 9.78 Å². The fraction of sp³-hybridized carbons (Fsp3) is 0.0909. The Labute approximate surface area is 182 Å². The molecule has 8 nitrogen and oxygen atoms in total. The molecule has 0 aliphatic rings. The molecule has 31 heavy (non-hydrogen) atoms. The van der Waals surface area contributed by atoms with Crippen molar-refractivity contribution in [1.82, 2.24) is 15.4 Å². The van der Waals surface area contributed by atoms with Crippen LogP contribution in [0.25, 0.3) is 11.1 Å². The average molecular weight is 430 g/mol. The molecule has 0 fully saturated rings. The molecule has 2 aromatic carbocycles. The number of hydrazone groups is 1. The van der Waals surface area contributed by atoms with Crippen LogP contribution in [-0.4, -0.2) is 27.5 Å². The summed E-state index contributed by atoms with van der Waals surface area (Å²) in [7, 11) is 0. The number of carbonyl (C=O) groups excluding carboxylic acids is 1. The number of hydrogen-bond donors (Lipinski definition) is 1. The fourth-order valence-electron chi connectivity index (χ4n) is 2.54. The first-order chi connectivity index (χ1) is 15.2. The molecule has 4 aromatic rings. The number of fused-ring (bicyclic) bond motifs is 1. The first-order valence-electron chi connectivity index (χ1n) is 9.41. The lowest BCUT2D eigenvalue weighted by molar-refractivity contribution is -0.118. The van der Waals surface area contributed by atoms with E-state index in [-0.39, 0.29) is 17.5 Å². The largest absolute Gasteiger partial charge is 0.431 e. The van der Waals surface area contributed by atoms with Gasteiger partial charge in [-0.2, -0.15) is 5.10 Å². The van der Waals surface area contributed by atoms with Crippen molar-refractivity contribution in [2.24, 2.45) is 15.3 Å². The van der Waals surface area contributed by atoms with Crippen LogP contribution in [0.4, 0.5) is 5.69 Å². The summed E-state index contributed by atoms with van der Waals surface area (Å²) in [5.41, 5.74) is 6.38. The number of aromatic nitrogens is 2. The SMILES string of the molecule is Cc1ccc(N=N/C(=N/NC(=O)CSc2nc3ccccc3o2)c2cccnc2)cc1. The van der Waals surface area contributed by atoms with Gasteiger partial charge < -0.3 is 4.42 Å². The number of carbonyl (C=O) groups is 1. The highest BCUT2D eigenvalue weighted by atomic mass is 32.2. The number of nitrogens with one attached hydrogen (secondary N) is 1. The number of amidine groups is 1. The summed E-state index contributed by atoms with van der Waals surface area (Å²) in [5, 5.41) is 13.0. The molecule has 1 N–H and O–H groups in total. The summed E-state index contributed by atoms with van der Waals surface area (Å²) in [4.78, 5) is 20.7. The van der Waals surface area contributed by atoms with Gasteiger partial charge in [-0.15, -0.1) is 10.2 Å². The maximum atomic E-state index is 12.3. The van der Waals surface area contributed by atoms with Gasteiger partial charge in [-0.05, 0) is 43.3 Å². The molecule has 4 rings (SSSR count). The normalized spacial score (nSPS) is 11.8. The number of para-hydroxylation sites is 2. The minimum atomic E-state index is -0.320. The molecule has 0 atom stereocenters. The van der Waals surface area contributed by atoms with Crippen LogP contribution in [0.1, 0.15) is 11.1 Å². The number of nitrogens with zero attached hydrogens (tertiary/aromatic N) is 5. The van der Waals surface area contributed by atoms with Crippen molar-refractivity contribution in [3.8, 4) is 0 Å². The fourth-order valence-corrected chi connectivity index (χ4v) is 3.17. The second kappa shape index (κ2) is 9.77. The zero-order valence-corrected chi connectivity index (χ0v) is 17.4. The monoisotopic (exact) mass is 430 g/mol. The van der Waals surface area contributed by atoms with Gasteiger partial charge in [0.15, 0.2) is 5.58 Å². The van der Waals surface area contributed by atoms with Crippen LogP contribution >= 0.6 is 11.8 Å². The molecule has 0 unspecified atom stereocenters. The number of hydrogen-bond acceptors (Lipinski definition) is 7. The van der Waals surface area contributed by atoms with Gasteiger partial charge in [-0.1, -0.05) is 41.6 Å². The van der Waals surface area contributed by atoms with Gasteiger partial charge in [0, 0.05) is 18.0 Å². The Balaban J connectivity index is 1.43. The molecule has 2 aromatic heterocycles. The zero-order valence-electron chi connectivity index (χ0n) is 16.6. The number of thioether (sulfide) groups is 1. The van der Waals surface area contributed by atoms with E-state index < -0.39 is 0 Å².